The minimum atomic E-state index is -3.97. The molecule has 25 heavy (non-hydrogen) atoms. The van der Waals surface area contributed by atoms with Gasteiger partial charge in [0.2, 0.25) is 10.0 Å². The van der Waals surface area contributed by atoms with Crippen molar-refractivity contribution in [3.05, 3.63) is 29.0 Å². The second kappa shape index (κ2) is 9.86. The van der Waals surface area contributed by atoms with Crippen LogP contribution in [0.1, 0.15) is 6.92 Å². The van der Waals surface area contributed by atoms with Crippen LogP contribution in [-0.4, -0.2) is 58.2 Å². The normalized spacial score (nSPS) is 18.8. The standard InChI is InChI=1S/C14H20ClFN4O3S.HI/c1-10-9-20(6-7-23-10)14(17)18-4-5-19-24(21,22)13-3-2-11(15)8-12(13)16;/h2-3,8,10,19H,4-7,9H2,1H3,(H2,17,18);1H. The molecule has 0 spiro atoms. The summed E-state index contributed by atoms with van der Waals surface area (Å²) in [5, 5.41) is 0.128. The molecule has 0 aromatic heterocycles. The summed E-state index contributed by atoms with van der Waals surface area (Å²) in [4.78, 5) is 5.56. The van der Waals surface area contributed by atoms with E-state index in [0.717, 1.165) is 12.1 Å². The summed E-state index contributed by atoms with van der Waals surface area (Å²) < 4.78 is 45.5. The van der Waals surface area contributed by atoms with Crippen molar-refractivity contribution in [3.63, 3.8) is 0 Å². The minimum Gasteiger partial charge on any atom is -0.375 e. The Bertz CT molecular complexity index is 720. The second-order valence-electron chi connectivity index (χ2n) is 5.34. The van der Waals surface area contributed by atoms with E-state index in [1.165, 1.54) is 6.07 Å². The Hall–Kier alpha value is -0.690. The van der Waals surface area contributed by atoms with Gasteiger partial charge in [-0.15, -0.1) is 24.0 Å². The molecule has 1 heterocycles. The molecule has 1 aliphatic rings. The Morgan fingerprint density at radius 2 is 2.28 bits per heavy atom. The molecule has 0 radical (unpaired) electrons. The summed E-state index contributed by atoms with van der Waals surface area (Å²) in [6, 6.07) is 3.38. The Labute approximate surface area is 168 Å². The molecule has 7 nitrogen and oxygen atoms in total. The third-order valence-corrected chi connectivity index (χ3v) is 5.16. The lowest BCUT2D eigenvalue weighted by atomic mass is 10.3. The first-order chi connectivity index (χ1) is 11.3. The Morgan fingerprint density at radius 3 is 2.92 bits per heavy atom. The van der Waals surface area contributed by atoms with Gasteiger partial charge in [-0.25, -0.2) is 17.5 Å². The van der Waals surface area contributed by atoms with Gasteiger partial charge in [0.05, 0.1) is 19.3 Å². The summed E-state index contributed by atoms with van der Waals surface area (Å²) >= 11 is 5.61. The third kappa shape index (κ3) is 6.51. The first-order valence-electron chi connectivity index (χ1n) is 7.41. The number of hydrogen-bond acceptors (Lipinski definition) is 4. The van der Waals surface area contributed by atoms with Gasteiger partial charge in [-0.3, -0.25) is 4.99 Å². The van der Waals surface area contributed by atoms with Gasteiger partial charge in [-0.2, -0.15) is 0 Å². The summed E-state index contributed by atoms with van der Waals surface area (Å²) in [5.74, 6) is -0.567. The molecule has 1 fully saturated rings. The van der Waals surface area contributed by atoms with Crippen molar-refractivity contribution in [1.29, 1.82) is 0 Å². The predicted octanol–water partition coefficient (Wildman–Crippen LogP) is 1.41. The number of morpholine rings is 1. The fraction of sp³-hybridized carbons (Fsp3) is 0.500. The van der Waals surface area contributed by atoms with E-state index in [1.54, 1.807) is 0 Å². The van der Waals surface area contributed by atoms with Crippen LogP contribution in [0.2, 0.25) is 5.02 Å². The van der Waals surface area contributed by atoms with Crippen LogP contribution in [0, 0.1) is 5.82 Å². The molecular formula is C14H21ClFIN4O3S. The summed E-state index contributed by atoms with van der Waals surface area (Å²) in [6.07, 6.45) is 0.0684. The first kappa shape index (κ1) is 22.4. The number of aliphatic imine (C=N–C) groups is 1. The molecule has 2 rings (SSSR count). The summed E-state index contributed by atoms with van der Waals surface area (Å²) in [7, 11) is -3.97. The number of ether oxygens (including phenoxy) is 1. The van der Waals surface area contributed by atoms with E-state index in [2.05, 4.69) is 9.71 Å². The molecule has 3 N–H and O–H groups in total. The lowest BCUT2D eigenvalue weighted by Crippen LogP contribution is -2.48. The van der Waals surface area contributed by atoms with Gasteiger partial charge in [0, 0.05) is 24.7 Å². The monoisotopic (exact) mass is 506 g/mol. The number of rotatable bonds is 5. The molecule has 0 saturated carbocycles. The zero-order chi connectivity index (χ0) is 17.7. The maximum atomic E-state index is 13.7. The van der Waals surface area contributed by atoms with E-state index in [4.69, 9.17) is 22.1 Å². The van der Waals surface area contributed by atoms with E-state index in [-0.39, 0.29) is 48.2 Å². The molecule has 1 aromatic carbocycles. The molecule has 1 unspecified atom stereocenters. The highest BCUT2D eigenvalue weighted by Crippen LogP contribution is 2.18. The van der Waals surface area contributed by atoms with Gasteiger partial charge in [-0.05, 0) is 25.1 Å². The SMILES string of the molecule is CC1CN(C(N)=NCCNS(=O)(=O)c2ccc(Cl)cc2F)CCO1.I. The second-order valence-corrected chi connectivity index (χ2v) is 7.51. The summed E-state index contributed by atoms with van der Waals surface area (Å²) in [5.41, 5.74) is 5.88. The van der Waals surface area contributed by atoms with Crippen LogP contribution in [0.3, 0.4) is 0 Å². The Kier molecular flexibility index (Phi) is 8.81. The average Bonchev–Trinajstić information content (AvgIpc) is 2.51. The van der Waals surface area contributed by atoms with Gasteiger partial charge in [0.25, 0.3) is 0 Å². The number of guanidine groups is 1. The van der Waals surface area contributed by atoms with Crippen LogP contribution < -0.4 is 10.5 Å². The number of benzene rings is 1. The van der Waals surface area contributed by atoms with Crippen molar-refractivity contribution < 1.29 is 17.5 Å². The quantitative estimate of drug-likeness (QED) is 0.272. The van der Waals surface area contributed by atoms with Gasteiger partial charge in [0.15, 0.2) is 5.96 Å². The van der Waals surface area contributed by atoms with Crippen molar-refractivity contribution in [1.82, 2.24) is 9.62 Å². The van der Waals surface area contributed by atoms with E-state index in [1.807, 2.05) is 11.8 Å². The number of halogens is 3. The molecule has 1 saturated heterocycles. The lowest BCUT2D eigenvalue weighted by molar-refractivity contribution is 0.00530. The maximum Gasteiger partial charge on any atom is 0.243 e. The molecule has 0 bridgehead atoms. The van der Waals surface area contributed by atoms with Crippen LogP contribution in [0.5, 0.6) is 0 Å². The maximum absolute atomic E-state index is 13.7. The number of hydrogen-bond donors (Lipinski definition) is 2. The predicted molar refractivity (Wildman–Crippen MR) is 105 cm³/mol. The van der Waals surface area contributed by atoms with E-state index in [0.29, 0.717) is 25.7 Å². The third-order valence-electron chi connectivity index (χ3n) is 3.43. The zero-order valence-corrected chi connectivity index (χ0v) is 17.5. The van der Waals surface area contributed by atoms with Crippen LogP contribution in [0.15, 0.2) is 28.1 Å². The largest absolute Gasteiger partial charge is 0.375 e. The molecule has 1 aliphatic heterocycles. The molecular weight excluding hydrogens is 486 g/mol. The Balaban J connectivity index is 0.00000312. The fourth-order valence-corrected chi connectivity index (χ4v) is 3.49. The number of nitrogens with zero attached hydrogens (tertiary/aromatic N) is 2. The van der Waals surface area contributed by atoms with Crippen molar-refractivity contribution in [2.24, 2.45) is 10.7 Å². The van der Waals surface area contributed by atoms with Crippen molar-refractivity contribution in [2.75, 3.05) is 32.8 Å². The average molecular weight is 507 g/mol. The minimum absolute atomic E-state index is 0. The highest BCUT2D eigenvalue weighted by molar-refractivity contribution is 14.0. The van der Waals surface area contributed by atoms with Crippen LogP contribution in [0.4, 0.5) is 4.39 Å². The number of nitrogens with two attached hydrogens (primary N) is 1. The molecule has 1 aromatic rings. The van der Waals surface area contributed by atoms with Gasteiger partial charge in [0.1, 0.15) is 10.7 Å². The number of sulfonamides is 1. The van der Waals surface area contributed by atoms with Gasteiger partial charge < -0.3 is 15.4 Å². The van der Waals surface area contributed by atoms with Gasteiger partial charge in [-0.1, -0.05) is 11.6 Å². The van der Waals surface area contributed by atoms with Crippen LogP contribution >= 0.6 is 35.6 Å². The van der Waals surface area contributed by atoms with Crippen molar-refractivity contribution >= 4 is 51.6 Å². The summed E-state index contributed by atoms with van der Waals surface area (Å²) in [6.45, 7) is 3.93. The van der Waals surface area contributed by atoms with Gasteiger partial charge >= 0.3 is 0 Å². The topological polar surface area (TPSA) is 97.0 Å². The number of nitrogens with one attached hydrogen (secondary N) is 1. The first-order valence-corrected chi connectivity index (χ1v) is 9.27. The van der Waals surface area contributed by atoms with E-state index < -0.39 is 20.7 Å². The van der Waals surface area contributed by atoms with Crippen molar-refractivity contribution in [3.8, 4) is 0 Å². The molecule has 142 valence electrons. The van der Waals surface area contributed by atoms with E-state index >= 15 is 0 Å². The zero-order valence-electron chi connectivity index (χ0n) is 13.6. The van der Waals surface area contributed by atoms with Crippen LogP contribution in [-0.2, 0) is 14.8 Å². The van der Waals surface area contributed by atoms with Crippen molar-refractivity contribution in [2.45, 2.75) is 17.9 Å². The lowest BCUT2D eigenvalue weighted by Gasteiger charge is -2.31. The highest BCUT2D eigenvalue weighted by atomic mass is 127. The molecule has 11 heteroatoms. The smallest absolute Gasteiger partial charge is 0.243 e. The molecule has 1 atom stereocenters. The fourth-order valence-electron chi connectivity index (χ4n) is 2.25. The van der Waals surface area contributed by atoms with Crippen LogP contribution in [0.25, 0.3) is 0 Å². The Morgan fingerprint density at radius 1 is 1.56 bits per heavy atom. The molecule has 0 aliphatic carbocycles. The highest BCUT2D eigenvalue weighted by Gasteiger charge is 2.19. The van der Waals surface area contributed by atoms with E-state index in [9.17, 15) is 12.8 Å². The molecule has 0 amide bonds.